The molecule has 0 spiro atoms. The van der Waals surface area contributed by atoms with Crippen LogP contribution in [0.4, 0.5) is 4.79 Å². The summed E-state index contributed by atoms with van der Waals surface area (Å²) in [6, 6.07) is 0. The third kappa shape index (κ3) is 12.3. The Labute approximate surface area is 241 Å². The van der Waals surface area contributed by atoms with Gasteiger partial charge in [0.25, 0.3) is 0 Å². The van der Waals surface area contributed by atoms with E-state index >= 15 is 0 Å². The van der Waals surface area contributed by atoms with Gasteiger partial charge in [0.15, 0.2) is 0 Å². The minimum atomic E-state index is -2.63. The summed E-state index contributed by atoms with van der Waals surface area (Å²) < 4.78 is 17.5. The van der Waals surface area contributed by atoms with Crippen molar-refractivity contribution in [2.24, 2.45) is 0 Å². The second-order valence-corrected chi connectivity index (χ2v) is 42.4. The molecule has 218 valence electrons. The summed E-state index contributed by atoms with van der Waals surface area (Å²) >= 11 is -5.27. The van der Waals surface area contributed by atoms with Gasteiger partial charge in [0.1, 0.15) is 0 Å². The Morgan fingerprint density at radius 3 is 1.24 bits per heavy atom. The van der Waals surface area contributed by atoms with Crippen molar-refractivity contribution in [3.63, 3.8) is 0 Å². The Bertz CT molecular complexity index is 538. The summed E-state index contributed by atoms with van der Waals surface area (Å²) in [5.74, 6) is 0. The first-order valence-corrected chi connectivity index (χ1v) is 31.6. The van der Waals surface area contributed by atoms with E-state index in [2.05, 4.69) is 49.2 Å². The molecule has 0 N–H and O–H groups in total. The van der Waals surface area contributed by atoms with Gasteiger partial charge in [-0.05, 0) is 0 Å². The molecule has 1 saturated heterocycles. The molecule has 37 heavy (non-hydrogen) atoms. The van der Waals surface area contributed by atoms with Crippen LogP contribution in [0.2, 0.25) is 26.6 Å². The standard InChI is InChI=1S/C8H11NO2.6C4H9.2Sn/c1-2-7-11-8(10)9-5-3-4-6-9;6*1-3-4-2;;/h2H,3-7H2;6*1,3-4H2,2H3;;. The third-order valence-electron chi connectivity index (χ3n) is 9.05. The molecular weight excluding hydrogens is 668 g/mol. The first-order chi connectivity index (χ1) is 18.0. The average molecular weight is 733 g/mol. The average Bonchev–Trinajstić information content (AvgIpc) is 3.46. The zero-order valence-corrected chi connectivity index (χ0v) is 31.8. The molecule has 1 heterocycles. The summed E-state index contributed by atoms with van der Waals surface area (Å²) in [5, 5.41) is 0. The summed E-state index contributed by atoms with van der Waals surface area (Å²) in [6.45, 7) is 16.7. The van der Waals surface area contributed by atoms with Crippen LogP contribution in [0.1, 0.15) is 131 Å². The van der Waals surface area contributed by atoms with Crippen LogP contribution >= 0.6 is 0 Å². The van der Waals surface area contributed by atoms with Gasteiger partial charge in [-0.2, -0.15) is 0 Å². The maximum absolute atomic E-state index is 12.9. The fourth-order valence-electron chi connectivity index (χ4n) is 6.83. The Kier molecular flexibility index (Phi) is 20.6. The number of carbonyl (C=O) groups excluding carboxylic acids is 1. The predicted molar refractivity (Wildman–Crippen MR) is 170 cm³/mol. The normalized spacial score (nSPS) is 14.3. The van der Waals surface area contributed by atoms with Gasteiger partial charge >= 0.3 is 243 Å². The molecule has 0 radical (unpaired) electrons. The molecule has 0 bridgehead atoms. The van der Waals surface area contributed by atoms with Crippen molar-refractivity contribution < 1.29 is 9.53 Å². The third-order valence-corrected chi connectivity index (χ3v) is 59.5. The molecule has 0 aromatic heterocycles. The number of unbranched alkanes of at least 4 members (excludes halogenated alkanes) is 6. The van der Waals surface area contributed by atoms with E-state index in [1.165, 1.54) is 77.0 Å². The van der Waals surface area contributed by atoms with Crippen molar-refractivity contribution in [1.29, 1.82) is 0 Å². The molecule has 1 amide bonds. The fraction of sp³-hybridized carbons (Fsp3) is 0.906. The molecule has 0 aromatic rings. The van der Waals surface area contributed by atoms with Crippen LogP contribution < -0.4 is 0 Å². The van der Waals surface area contributed by atoms with Crippen molar-refractivity contribution >= 4 is 42.8 Å². The van der Waals surface area contributed by atoms with Gasteiger partial charge in [-0.3, -0.25) is 0 Å². The van der Waals surface area contributed by atoms with Crippen LogP contribution in [0, 0.1) is 0 Å². The number of likely N-dealkylation sites (tertiary alicyclic amines) is 1. The van der Waals surface area contributed by atoms with Crippen LogP contribution in [0.25, 0.3) is 0 Å². The first kappa shape index (κ1) is 35.6. The molecule has 0 aromatic carbocycles. The fourth-order valence-corrected chi connectivity index (χ4v) is 75.4. The Hall–Kier alpha value is 0.607. The summed E-state index contributed by atoms with van der Waals surface area (Å²) in [4.78, 5) is 14.8. The van der Waals surface area contributed by atoms with Crippen LogP contribution in [0.15, 0.2) is 7.68 Å². The monoisotopic (exact) mass is 735 g/mol. The molecule has 1 rings (SSSR count). The topological polar surface area (TPSA) is 29.5 Å². The van der Waals surface area contributed by atoms with E-state index in [9.17, 15) is 4.79 Å². The van der Waals surface area contributed by atoms with E-state index in [4.69, 9.17) is 4.74 Å². The van der Waals surface area contributed by atoms with Crippen LogP contribution in [0.5, 0.6) is 0 Å². The SMILES string of the molecule is CCC[CH2][Sn]([CH2]CCC)([CH2]CCC)[C](=CCOC(=O)N1CCCC1)[Sn]([CH2]CCC)([CH2]CCC)[CH2]CCC. The molecular formula is C32H65NO2Sn2. The second kappa shape index (κ2) is 21.4. The van der Waals surface area contributed by atoms with Crippen molar-refractivity contribution in [3.8, 4) is 0 Å². The van der Waals surface area contributed by atoms with E-state index in [1.54, 1.807) is 26.6 Å². The summed E-state index contributed by atoms with van der Waals surface area (Å²) in [6.07, 6.45) is 21.4. The molecule has 1 aliphatic rings. The molecule has 0 saturated carbocycles. The first-order valence-electron chi connectivity index (χ1n) is 16.6. The number of nitrogens with zero attached hydrogens (tertiary/aromatic N) is 1. The van der Waals surface area contributed by atoms with E-state index in [1.807, 2.05) is 4.90 Å². The molecule has 0 unspecified atom stereocenters. The van der Waals surface area contributed by atoms with Gasteiger partial charge in [0.2, 0.25) is 0 Å². The number of carbonyl (C=O) groups is 1. The van der Waals surface area contributed by atoms with Gasteiger partial charge in [0, 0.05) is 0 Å². The number of hydrogen-bond acceptors (Lipinski definition) is 2. The molecule has 1 fully saturated rings. The molecule has 1 aliphatic heterocycles. The van der Waals surface area contributed by atoms with Gasteiger partial charge in [0.05, 0.1) is 0 Å². The minimum absolute atomic E-state index is 0.0546. The number of rotatable bonds is 22. The van der Waals surface area contributed by atoms with E-state index in [-0.39, 0.29) is 6.09 Å². The summed E-state index contributed by atoms with van der Waals surface area (Å²) in [5.41, 5.74) is 0. The number of hydrogen-bond donors (Lipinski definition) is 0. The van der Waals surface area contributed by atoms with E-state index < -0.39 is 36.8 Å². The zero-order valence-electron chi connectivity index (χ0n) is 26.1. The van der Waals surface area contributed by atoms with Crippen molar-refractivity contribution in [1.82, 2.24) is 4.90 Å². The Morgan fingerprint density at radius 1 is 0.622 bits per heavy atom. The van der Waals surface area contributed by atoms with E-state index in [0.29, 0.717) is 6.61 Å². The summed E-state index contributed by atoms with van der Waals surface area (Å²) in [7, 11) is 0. The van der Waals surface area contributed by atoms with Gasteiger partial charge < -0.3 is 0 Å². The Morgan fingerprint density at radius 2 is 0.946 bits per heavy atom. The second-order valence-electron chi connectivity index (χ2n) is 12.1. The molecule has 3 nitrogen and oxygen atoms in total. The van der Waals surface area contributed by atoms with Crippen LogP contribution in [0.3, 0.4) is 0 Å². The van der Waals surface area contributed by atoms with Gasteiger partial charge in [-0.15, -0.1) is 0 Å². The van der Waals surface area contributed by atoms with Crippen molar-refractivity contribution in [2.45, 2.75) is 158 Å². The van der Waals surface area contributed by atoms with Gasteiger partial charge in [-0.1, -0.05) is 0 Å². The Balaban J connectivity index is 3.61. The van der Waals surface area contributed by atoms with Gasteiger partial charge in [-0.25, -0.2) is 0 Å². The maximum atomic E-state index is 12.9. The van der Waals surface area contributed by atoms with Crippen LogP contribution in [-0.4, -0.2) is 67.4 Å². The number of amides is 1. The molecule has 0 atom stereocenters. The van der Waals surface area contributed by atoms with Crippen molar-refractivity contribution in [3.05, 3.63) is 7.68 Å². The molecule has 5 heteroatoms. The van der Waals surface area contributed by atoms with Crippen LogP contribution in [-0.2, 0) is 4.74 Å². The predicted octanol–water partition coefficient (Wildman–Crippen LogP) is 10.9. The zero-order chi connectivity index (χ0) is 27.4. The molecule has 0 aliphatic carbocycles. The number of ether oxygens (including phenoxy) is 1. The van der Waals surface area contributed by atoms with E-state index in [0.717, 1.165) is 25.9 Å². The quantitative estimate of drug-likeness (QED) is 0.104. The van der Waals surface area contributed by atoms with Crippen molar-refractivity contribution in [2.75, 3.05) is 19.7 Å².